The van der Waals surface area contributed by atoms with Gasteiger partial charge in [-0.2, -0.15) is 0 Å². The number of fused-ring (bicyclic) bond motifs is 3. The maximum Gasteiger partial charge on any atom is 0.259 e. The number of amidine groups is 2. The van der Waals surface area contributed by atoms with Gasteiger partial charge in [0.2, 0.25) is 5.91 Å². The van der Waals surface area contributed by atoms with Crippen molar-refractivity contribution in [2.75, 3.05) is 17.7 Å². The third-order valence-corrected chi connectivity index (χ3v) is 5.85. The van der Waals surface area contributed by atoms with Gasteiger partial charge in [0, 0.05) is 11.3 Å². The monoisotopic (exact) mass is 436 g/mol. The maximum atomic E-state index is 13.0. The summed E-state index contributed by atoms with van der Waals surface area (Å²) in [7, 11) is 0. The average molecular weight is 437 g/mol. The minimum Gasteiger partial charge on any atom is -0.494 e. The number of para-hydroxylation sites is 1. The van der Waals surface area contributed by atoms with E-state index in [1.807, 2.05) is 57.2 Å². The minimum absolute atomic E-state index is 0.0759. The summed E-state index contributed by atoms with van der Waals surface area (Å²) in [5, 5.41) is 3.34. The molecule has 31 heavy (non-hydrogen) atoms. The van der Waals surface area contributed by atoms with Crippen molar-refractivity contribution >= 4 is 46.0 Å². The predicted molar refractivity (Wildman–Crippen MR) is 124 cm³/mol. The number of rotatable bonds is 6. The number of nitrogens with zero attached hydrogens (tertiary/aromatic N) is 3. The molecule has 1 atom stereocenters. The molecule has 0 saturated carbocycles. The number of hydrogen-bond donors (Lipinski definition) is 1. The third kappa shape index (κ3) is 4.34. The fourth-order valence-electron chi connectivity index (χ4n) is 3.43. The van der Waals surface area contributed by atoms with Gasteiger partial charge >= 0.3 is 0 Å². The number of ether oxygens (including phenoxy) is 1. The van der Waals surface area contributed by atoms with Crippen LogP contribution in [0.5, 0.6) is 5.75 Å². The Hall–Kier alpha value is -3.13. The quantitative estimate of drug-likeness (QED) is 0.740. The predicted octanol–water partition coefficient (Wildman–Crippen LogP) is 4.07. The van der Waals surface area contributed by atoms with E-state index in [0.717, 1.165) is 17.0 Å². The number of carbonyl (C=O) groups is 2. The number of nitrogens with one attached hydrogen (secondary N) is 1. The van der Waals surface area contributed by atoms with Gasteiger partial charge < -0.3 is 10.1 Å². The summed E-state index contributed by atoms with van der Waals surface area (Å²) >= 11 is 1.23. The zero-order valence-corrected chi connectivity index (χ0v) is 18.5. The van der Waals surface area contributed by atoms with Crippen molar-refractivity contribution in [3.63, 3.8) is 0 Å². The van der Waals surface area contributed by atoms with Crippen LogP contribution in [-0.4, -0.2) is 46.1 Å². The Morgan fingerprint density at radius 2 is 1.94 bits per heavy atom. The highest BCUT2D eigenvalue weighted by atomic mass is 32.2. The minimum atomic E-state index is -0.440. The van der Waals surface area contributed by atoms with Crippen molar-refractivity contribution < 1.29 is 14.3 Å². The standard InChI is InChI=1S/C23H24N4O3S/c1-4-30-16-11-9-15(10-12-16)24-19(28)13-31-23-25-18-8-6-5-7-17(18)21-26-20(14(2)3)22(29)27(21)23/h5-12,14,20H,4,13H2,1-3H3,(H,24,28)/t20-/m1/s1. The van der Waals surface area contributed by atoms with E-state index >= 15 is 0 Å². The van der Waals surface area contributed by atoms with Crippen molar-refractivity contribution in [2.24, 2.45) is 15.9 Å². The van der Waals surface area contributed by atoms with Crippen LogP contribution in [0.2, 0.25) is 0 Å². The largest absolute Gasteiger partial charge is 0.494 e. The first kappa shape index (κ1) is 21.1. The van der Waals surface area contributed by atoms with Crippen LogP contribution in [0.15, 0.2) is 58.5 Å². The molecule has 2 aromatic rings. The number of hydrogen-bond acceptors (Lipinski definition) is 6. The Bertz CT molecular complexity index is 1060. The molecule has 8 heteroatoms. The molecule has 0 spiro atoms. The highest BCUT2D eigenvalue weighted by Gasteiger charge is 2.42. The molecular weight excluding hydrogens is 412 g/mol. The van der Waals surface area contributed by atoms with Gasteiger partial charge in [-0.25, -0.2) is 9.89 Å². The Morgan fingerprint density at radius 1 is 1.19 bits per heavy atom. The van der Waals surface area contributed by atoms with Crippen molar-refractivity contribution in [2.45, 2.75) is 26.8 Å². The molecule has 0 radical (unpaired) electrons. The van der Waals surface area contributed by atoms with Gasteiger partial charge in [-0.1, -0.05) is 37.7 Å². The van der Waals surface area contributed by atoms with Gasteiger partial charge in [0.05, 0.1) is 18.0 Å². The molecular formula is C23H24N4O3S. The second-order valence-corrected chi connectivity index (χ2v) is 8.46. The van der Waals surface area contributed by atoms with Crippen LogP contribution < -0.4 is 10.1 Å². The van der Waals surface area contributed by atoms with Gasteiger partial charge in [-0.15, -0.1) is 0 Å². The fraction of sp³-hybridized carbons (Fsp3) is 0.304. The van der Waals surface area contributed by atoms with E-state index < -0.39 is 6.04 Å². The summed E-state index contributed by atoms with van der Waals surface area (Å²) in [6, 6.07) is 14.4. The molecule has 2 aliphatic heterocycles. The first-order chi connectivity index (χ1) is 15.0. The SMILES string of the molecule is CCOc1ccc(NC(=O)CSC2=Nc3ccccc3C3=N[C@H](C(C)C)C(=O)N23)cc1. The van der Waals surface area contributed by atoms with Crippen molar-refractivity contribution in [3.8, 4) is 5.75 Å². The van der Waals surface area contributed by atoms with E-state index in [1.165, 1.54) is 11.8 Å². The molecule has 0 aromatic heterocycles. The number of anilines is 1. The second kappa shape index (κ2) is 8.93. The lowest BCUT2D eigenvalue weighted by Crippen LogP contribution is -2.42. The normalized spacial score (nSPS) is 17.1. The van der Waals surface area contributed by atoms with Crippen molar-refractivity contribution in [3.05, 3.63) is 54.1 Å². The molecule has 160 valence electrons. The topological polar surface area (TPSA) is 83.4 Å². The zero-order chi connectivity index (χ0) is 22.0. The smallest absolute Gasteiger partial charge is 0.259 e. The molecule has 0 saturated heterocycles. The fourth-order valence-corrected chi connectivity index (χ4v) is 4.23. The third-order valence-electron chi connectivity index (χ3n) is 4.91. The molecule has 2 aromatic carbocycles. The average Bonchev–Trinajstić information content (AvgIpc) is 3.12. The molecule has 0 aliphatic carbocycles. The summed E-state index contributed by atoms with van der Waals surface area (Å²) in [6.07, 6.45) is 0. The van der Waals surface area contributed by atoms with Gasteiger partial charge in [0.1, 0.15) is 17.6 Å². The van der Waals surface area contributed by atoms with Crippen LogP contribution in [0.1, 0.15) is 26.3 Å². The van der Waals surface area contributed by atoms with E-state index in [1.54, 1.807) is 17.0 Å². The van der Waals surface area contributed by atoms with Gasteiger partial charge in [0.25, 0.3) is 5.91 Å². The second-order valence-electron chi connectivity index (χ2n) is 7.52. The molecule has 4 rings (SSSR count). The highest BCUT2D eigenvalue weighted by molar-refractivity contribution is 8.14. The van der Waals surface area contributed by atoms with Crippen LogP contribution in [0, 0.1) is 5.92 Å². The lowest BCUT2D eigenvalue weighted by atomic mass is 10.1. The Balaban J connectivity index is 1.49. The van der Waals surface area contributed by atoms with Crippen LogP contribution >= 0.6 is 11.8 Å². The molecule has 2 amide bonds. The summed E-state index contributed by atoms with van der Waals surface area (Å²) in [5.41, 5.74) is 2.27. The summed E-state index contributed by atoms with van der Waals surface area (Å²) in [4.78, 5) is 36.4. The Morgan fingerprint density at radius 3 is 2.65 bits per heavy atom. The summed E-state index contributed by atoms with van der Waals surface area (Å²) in [6.45, 7) is 6.46. The Kier molecular flexibility index (Phi) is 6.08. The maximum absolute atomic E-state index is 13.0. The van der Waals surface area contributed by atoms with E-state index in [0.29, 0.717) is 23.3 Å². The molecule has 1 N–H and O–H groups in total. The number of amides is 2. The van der Waals surface area contributed by atoms with Gasteiger partial charge in [0.15, 0.2) is 5.17 Å². The van der Waals surface area contributed by atoms with Gasteiger partial charge in [-0.3, -0.25) is 14.6 Å². The molecule has 7 nitrogen and oxygen atoms in total. The first-order valence-corrected chi connectivity index (χ1v) is 11.2. The van der Waals surface area contributed by atoms with E-state index in [9.17, 15) is 9.59 Å². The number of carbonyl (C=O) groups excluding carboxylic acids is 2. The zero-order valence-electron chi connectivity index (χ0n) is 17.7. The van der Waals surface area contributed by atoms with E-state index in [-0.39, 0.29) is 23.5 Å². The molecule has 0 unspecified atom stereocenters. The lowest BCUT2D eigenvalue weighted by Gasteiger charge is -2.25. The molecule has 0 bridgehead atoms. The summed E-state index contributed by atoms with van der Waals surface area (Å²) < 4.78 is 5.42. The summed E-state index contributed by atoms with van der Waals surface area (Å²) in [5.74, 6) is 1.29. The van der Waals surface area contributed by atoms with Crippen molar-refractivity contribution in [1.82, 2.24) is 4.90 Å². The molecule has 0 fully saturated rings. The first-order valence-electron chi connectivity index (χ1n) is 10.2. The van der Waals surface area contributed by atoms with Crippen LogP contribution in [-0.2, 0) is 9.59 Å². The number of benzene rings is 2. The van der Waals surface area contributed by atoms with Crippen LogP contribution in [0.3, 0.4) is 0 Å². The Labute approximate surface area is 185 Å². The molecule has 2 aliphatic rings. The van der Waals surface area contributed by atoms with E-state index in [2.05, 4.69) is 15.3 Å². The lowest BCUT2D eigenvalue weighted by molar-refractivity contribution is -0.125. The van der Waals surface area contributed by atoms with Crippen LogP contribution in [0.4, 0.5) is 11.4 Å². The number of thioether (sulfide) groups is 1. The number of aliphatic imine (C=N–C) groups is 2. The van der Waals surface area contributed by atoms with Gasteiger partial charge in [-0.05, 0) is 49.2 Å². The molecule has 2 heterocycles. The van der Waals surface area contributed by atoms with Crippen LogP contribution in [0.25, 0.3) is 0 Å². The van der Waals surface area contributed by atoms with E-state index in [4.69, 9.17) is 4.74 Å². The highest BCUT2D eigenvalue weighted by Crippen LogP contribution is 2.34. The van der Waals surface area contributed by atoms with Crippen molar-refractivity contribution in [1.29, 1.82) is 0 Å².